The lowest BCUT2D eigenvalue weighted by atomic mass is 9.97. The van der Waals surface area contributed by atoms with E-state index in [1.165, 1.54) is 4.90 Å². The Morgan fingerprint density at radius 1 is 1.32 bits per heavy atom. The molecule has 0 spiro atoms. The molecule has 0 N–H and O–H groups in total. The Morgan fingerprint density at radius 3 is 2.72 bits per heavy atom. The normalized spacial score (nSPS) is 20.8. The smallest absolute Gasteiger partial charge is 0.272 e. The number of amides is 1. The third-order valence-corrected chi connectivity index (χ3v) is 4.65. The highest BCUT2D eigenvalue weighted by atomic mass is 16.5. The maximum Gasteiger partial charge on any atom is 0.272 e. The van der Waals surface area contributed by atoms with E-state index in [4.69, 9.17) is 4.52 Å². The fraction of sp³-hybridized carbons (Fsp3) is 0.588. The van der Waals surface area contributed by atoms with Crippen LogP contribution in [0, 0.1) is 13.8 Å². The molecule has 8 nitrogen and oxygen atoms in total. The maximum atomic E-state index is 12.3. The topological polar surface area (TPSA) is 88.3 Å². The van der Waals surface area contributed by atoms with E-state index in [1.54, 1.807) is 27.1 Å². The number of hydrogen-bond donors (Lipinski definition) is 0. The number of aromatic nitrogens is 4. The zero-order chi connectivity index (χ0) is 18.2. The summed E-state index contributed by atoms with van der Waals surface area (Å²) in [6.45, 7) is 7.26. The van der Waals surface area contributed by atoms with Crippen molar-refractivity contribution in [2.24, 2.45) is 0 Å². The van der Waals surface area contributed by atoms with Gasteiger partial charge in [0, 0.05) is 26.7 Å². The van der Waals surface area contributed by atoms with Crippen LogP contribution in [0.3, 0.4) is 0 Å². The van der Waals surface area contributed by atoms with Crippen molar-refractivity contribution in [3.63, 3.8) is 0 Å². The second kappa shape index (κ2) is 6.51. The summed E-state index contributed by atoms with van der Waals surface area (Å²) in [5, 5.41) is 4.00. The predicted octanol–water partition coefficient (Wildman–Crippen LogP) is 1.69. The van der Waals surface area contributed by atoms with Gasteiger partial charge in [-0.05, 0) is 39.3 Å². The van der Waals surface area contributed by atoms with Crippen molar-refractivity contribution in [2.75, 3.05) is 20.6 Å². The molecule has 2 aromatic heterocycles. The molecule has 1 aliphatic heterocycles. The largest absolute Gasteiger partial charge is 0.343 e. The van der Waals surface area contributed by atoms with Crippen LogP contribution < -0.4 is 0 Å². The summed E-state index contributed by atoms with van der Waals surface area (Å²) in [7, 11) is 3.45. The highest BCUT2D eigenvalue weighted by molar-refractivity contribution is 5.92. The van der Waals surface area contributed by atoms with Gasteiger partial charge in [0.1, 0.15) is 11.5 Å². The van der Waals surface area contributed by atoms with E-state index < -0.39 is 0 Å². The Bertz CT molecular complexity index is 787. The molecule has 1 saturated heterocycles. The molecule has 0 bridgehead atoms. The first kappa shape index (κ1) is 17.5. The van der Waals surface area contributed by atoms with E-state index in [2.05, 4.69) is 31.9 Å². The quantitative estimate of drug-likeness (QED) is 0.834. The van der Waals surface area contributed by atoms with Gasteiger partial charge >= 0.3 is 0 Å². The number of aryl methyl sites for hydroxylation is 2. The van der Waals surface area contributed by atoms with E-state index in [-0.39, 0.29) is 11.4 Å². The number of nitrogens with zero attached hydrogens (tertiary/aromatic N) is 6. The average molecular weight is 344 g/mol. The van der Waals surface area contributed by atoms with Crippen LogP contribution in [0.1, 0.15) is 53.5 Å². The number of hydrogen-bond acceptors (Lipinski definition) is 7. The molecule has 1 amide bonds. The Morgan fingerprint density at radius 2 is 2.08 bits per heavy atom. The van der Waals surface area contributed by atoms with E-state index >= 15 is 0 Å². The summed E-state index contributed by atoms with van der Waals surface area (Å²) in [6.07, 6.45) is 1.95. The zero-order valence-electron chi connectivity index (χ0n) is 15.4. The molecule has 0 unspecified atom stereocenters. The Balaban J connectivity index is 1.94. The van der Waals surface area contributed by atoms with Gasteiger partial charge in [-0.25, -0.2) is 9.97 Å². The first-order valence-electron chi connectivity index (χ1n) is 8.41. The van der Waals surface area contributed by atoms with Crippen LogP contribution in [-0.4, -0.2) is 56.5 Å². The molecule has 3 rings (SSSR count). The minimum absolute atomic E-state index is 0.117. The molecule has 1 fully saturated rings. The number of carbonyl (C=O) groups excluding carboxylic acids is 1. The summed E-state index contributed by atoms with van der Waals surface area (Å²) in [6, 6.07) is 1.73. The number of rotatable bonds is 4. The van der Waals surface area contributed by atoms with Gasteiger partial charge in [-0.1, -0.05) is 5.16 Å². The van der Waals surface area contributed by atoms with Crippen molar-refractivity contribution in [1.29, 1.82) is 0 Å². The van der Waals surface area contributed by atoms with Gasteiger partial charge in [-0.3, -0.25) is 9.69 Å². The molecule has 0 aliphatic carbocycles. The van der Waals surface area contributed by atoms with Gasteiger partial charge in [0.15, 0.2) is 5.82 Å². The van der Waals surface area contributed by atoms with Crippen molar-refractivity contribution < 1.29 is 9.32 Å². The fourth-order valence-electron chi connectivity index (χ4n) is 3.25. The average Bonchev–Trinajstić information content (AvgIpc) is 3.13. The van der Waals surface area contributed by atoms with Crippen molar-refractivity contribution >= 4 is 5.91 Å². The molecule has 1 atom stereocenters. The monoisotopic (exact) mass is 344 g/mol. The lowest BCUT2D eigenvalue weighted by Gasteiger charge is -2.33. The molecule has 1 aliphatic rings. The van der Waals surface area contributed by atoms with E-state index in [0.29, 0.717) is 29.8 Å². The first-order chi connectivity index (χ1) is 11.8. The van der Waals surface area contributed by atoms with Gasteiger partial charge in [-0.15, -0.1) is 0 Å². The van der Waals surface area contributed by atoms with Crippen molar-refractivity contribution in [2.45, 2.75) is 45.7 Å². The Labute approximate surface area is 147 Å². The summed E-state index contributed by atoms with van der Waals surface area (Å²) in [5.41, 5.74) is 0.858. The van der Waals surface area contributed by atoms with Crippen LogP contribution in [-0.2, 0) is 12.1 Å². The summed E-state index contributed by atoms with van der Waals surface area (Å²) in [4.78, 5) is 29.7. The second-order valence-corrected chi connectivity index (χ2v) is 6.95. The Kier molecular flexibility index (Phi) is 4.55. The van der Waals surface area contributed by atoms with Crippen molar-refractivity contribution in [3.8, 4) is 0 Å². The minimum Gasteiger partial charge on any atom is -0.343 e. The van der Waals surface area contributed by atoms with Crippen LogP contribution in [0.4, 0.5) is 0 Å². The lowest BCUT2D eigenvalue weighted by molar-refractivity contribution is 0.0818. The molecule has 8 heteroatoms. The van der Waals surface area contributed by atoms with Crippen LogP contribution in [0.5, 0.6) is 0 Å². The first-order valence-corrected chi connectivity index (χ1v) is 8.41. The highest BCUT2D eigenvalue weighted by Gasteiger charge is 2.41. The SMILES string of the molecule is Cc1cc(C(=O)N(C)C)nc([C@]2(C)CCCN2Cc2noc(C)n2)n1. The predicted molar refractivity (Wildman–Crippen MR) is 90.8 cm³/mol. The maximum absolute atomic E-state index is 12.3. The van der Waals surface area contributed by atoms with Gasteiger partial charge in [-0.2, -0.15) is 4.98 Å². The third-order valence-electron chi connectivity index (χ3n) is 4.65. The lowest BCUT2D eigenvalue weighted by Crippen LogP contribution is -2.40. The summed E-state index contributed by atoms with van der Waals surface area (Å²) >= 11 is 0. The fourth-order valence-corrected chi connectivity index (χ4v) is 3.25. The van der Waals surface area contributed by atoms with Gasteiger partial charge in [0.25, 0.3) is 5.91 Å². The molecule has 0 aromatic carbocycles. The van der Waals surface area contributed by atoms with Gasteiger partial charge in [0.05, 0.1) is 12.1 Å². The molecule has 3 heterocycles. The zero-order valence-corrected chi connectivity index (χ0v) is 15.4. The van der Waals surface area contributed by atoms with Gasteiger partial charge in [0.2, 0.25) is 5.89 Å². The van der Waals surface area contributed by atoms with E-state index in [0.717, 1.165) is 25.1 Å². The molecule has 25 heavy (non-hydrogen) atoms. The summed E-state index contributed by atoms with van der Waals surface area (Å²) < 4.78 is 5.08. The standard InChI is InChI=1S/C17H24N6O2/c1-11-9-13(15(24)22(4)5)20-16(18-11)17(3)7-6-8-23(17)10-14-19-12(2)25-21-14/h9H,6-8,10H2,1-5H3/t17-/m0/s1. The van der Waals surface area contributed by atoms with Crippen LogP contribution in [0.2, 0.25) is 0 Å². The third kappa shape index (κ3) is 3.39. The Hall–Kier alpha value is -2.35. The van der Waals surface area contributed by atoms with Crippen molar-refractivity contribution in [3.05, 3.63) is 35.0 Å². The molecular formula is C17H24N6O2. The number of carbonyl (C=O) groups is 1. The van der Waals surface area contributed by atoms with E-state index in [9.17, 15) is 4.79 Å². The molecule has 134 valence electrons. The minimum atomic E-state index is -0.359. The van der Waals surface area contributed by atoms with Crippen LogP contribution >= 0.6 is 0 Å². The van der Waals surface area contributed by atoms with Crippen molar-refractivity contribution in [1.82, 2.24) is 29.9 Å². The second-order valence-electron chi connectivity index (χ2n) is 6.95. The molecule has 0 saturated carbocycles. The van der Waals surface area contributed by atoms with Crippen LogP contribution in [0.15, 0.2) is 10.6 Å². The molecule has 0 radical (unpaired) electrons. The highest BCUT2D eigenvalue weighted by Crippen LogP contribution is 2.37. The summed E-state index contributed by atoms with van der Waals surface area (Å²) in [5.74, 6) is 1.77. The van der Waals surface area contributed by atoms with Gasteiger partial charge < -0.3 is 9.42 Å². The van der Waals surface area contributed by atoms with Crippen LogP contribution in [0.25, 0.3) is 0 Å². The van der Waals surface area contributed by atoms with E-state index in [1.807, 2.05) is 6.92 Å². The molecular weight excluding hydrogens is 320 g/mol. The number of likely N-dealkylation sites (tertiary alicyclic amines) is 1. The molecule has 2 aromatic rings.